The first-order valence-electron chi connectivity index (χ1n) is 8.52. The average molecular weight is 482 g/mol. The summed E-state index contributed by atoms with van der Waals surface area (Å²) in [4.78, 5) is 13.9. The zero-order valence-corrected chi connectivity index (χ0v) is 18.5. The molecule has 28 heavy (non-hydrogen) atoms. The molecule has 8 heteroatoms. The number of methoxy groups -OCH3 is 1. The Morgan fingerprint density at radius 1 is 1.29 bits per heavy atom. The number of hydrogen-bond donors (Lipinski definition) is 1. The molecule has 0 atom stereocenters. The number of thiocarbonyl (C=S) groups is 1. The number of ether oxygens (including phenoxy) is 2. The Hall–Kier alpha value is -2.09. The molecule has 1 aliphatic heterocycles. The van der Waals surface area contributed by atoms with Gasteiger partial charge in [-0.15, -0.1) is 0 Å². The first kappa shape index (κ1) is 20.6. The number of carbonyl (C=O) groups is 1. The summed E-state index contributed by atoms with van der Waals surface area (Å²) >= 11 is 14.6. The molecule has 0 radical (unpaired) electrons. The van der Waals surface area contributed by atoms with Gasteiger partial charge in [-0.1, -0.05) is 23.7 Å². The molecule has 5 nitrogen and oxygen atoms in total. The van der Waals surface area contributed by atoms with Gasteiger partial charge >= 0.3 is 0 Å². The minimum Gasteiger partial charge on any atom is -0.493 e. The standard InChI is InChI=1S/C20H18BrClN2O3S/c1-3-24-19(25)16(23-20(24)28)9-13-8-15(21)18(17(10-13)26-2)27-11-12-4-6-14(22)7-5-12/h4-10H,3,11H2,1-2H3,(H,23,28)/b16-9-. The second kappa shape index (κ2) is 8.94. The number of nitrogens with one attached hydrogen (secondary N) is 1. The van der Waals surface area contributed by atoms with E-state index >= 15 is 0 Å². The number of amides is 1. The second-order valence-electron chi connectivity index (χ2n) is 5.99. The third kappa shape index (κ3) is 4.48. The topological polar surface area (TPSA) is 50.8 Å². The van der Waals surface area contributed by atoms with Crippen LogP contribution in [0.2, 0.25) is 5.02 Å². The van der Waals surface area contributed by atoms with Gasteiger partial charge in [-0.25, -0.2) is 0 Å². The highest BCUT2D eigenvalue weighted by molar-refractivity contribution is 9.10. The zero-order valence-electron chi connectivity index (χ0n) is 15.3. The number of hydrogen-bond acceptors (Lipinski definition) is 4. The molecule has 2 aromatic rings. The van der Waals surface area contributed by atoms with Gasteiger partial charge in [-0.2, -0.15) is 0 Å². The lowest BCUT2D eigenvalue weighted by atomic mass is 10.1. The van der Waals surface area contributed by atoms with Crippen LogP contribution >= 0.6 is 39.7 Å². The van der Waals surface area contributed by atoms with Crippen LogP contribution in [-0.4, -0.2) is 29.6 Å². The Morgan fingerprint density at radius 3 is 2.61 bits per heavy atom. The van der Waals surface area contributed by atoms with E-state index in [0.717, 1.165) is 11.1 Å². The average Bonchev–Trinajstić information content (AvgIpc) is 2.94. The van der Waals surface area contributed by atoms with Crippen molar-refractivity contribution in [3.63, 3.8) is 0 Å². The highest BCUT2D eigenvalue weighted by Crippen LogP contribution is 2.38. The lowest BCUT2D eigenvalue weighted by Crippen LogP contribution is -2.30. The fourth-order valence-corrected chi connectivity index (χ4v) is 3.75. The van der Waals surface area contributed by atoms with E-state index in [1.54, 1.807) is 13.2 Å². The maximum atomic E-state index is 12.4. The molecule has 2 aromatic carbocycles. The Kier molecular flexibility index (Phi) is 6.59. The summed E-state index contributed by atoms with van der Waals surface area (Å²) < 4.78 is 12.1. The van der Waals surface area contributed by atoms with Crippen LogP contribution in [-0.2, 0) is 11.4 Å². The monoisotopic (exact) mass is 480 g/mol. The van der Waals surface area contributed by atoms with Crippen molar-refractivity contribution >= 4 is 56.8 Å². The van der Waals surface area contributed by atoms with Gasteiger partial charge in [-0.3, -0.25) is 9.69 Å². The molecule has 1 fully saturated rings. The van der Waals surface area contributed by atoms with E-state index in [-0.39, 0.29) is 5.91 Å². The SMILES string of the molecule is CCN1C(=O)/C(=C/c2cc(Br)c(OCc3ccc(Cl)cc3)c(OC)c2)NC1=S. The fraction of sp³-hybridized carbons (Fsp3) is 0.200. The fourth-order valence-electron chi connectivity index (χ4n) is 2.72. The summed E-state index contributed by atoms with van der Waals surface area (Å²) in [5.41, 5.74) is 2.19. The van der Waals surface area contributed by atoms with E-state index in [1.807, 2.05) is 43.3 Å². The summed E-state index contributed by atoms with van der Waals surface area (Å²) in [6.45, 7) is 2.76. The molecule has 1 heterocycles. The Labute approximate surface area is 182 Å². The maximum Gasteiger partial charge on any atom is 0.276 e. The second-order valence-corrected chi connectivity index (χ2v) is 7.66. The van der Waals surface area contributed by atoms with E-state index in [9.17, 15) is 4.79 Å². The van der Waals surface area contributed by atoms with Crippen LogP contribution in [0.4, 0.5) is 0 Å². The van der Waals surface area contributed by atoms with Crippen molar-refractivity contribution in [1.82, 2.24) is 10.2 Å². The van der Waals surface area contributed by atoms with Crippen LogP contribution in [0.25, 0.3) is 6.08 Å². The summed E-state index contributed by atoms with van der Waals surface area (Å²) in [5, 5.41) is 4.03. The Morgan fingerprint density at radius 2 is 2.00 bits per heavy atom. The van der Waals surface area contributed by atoms with Gasteiger partial charge in [-0.05, 0) is 76.5 Å². The number of carbonyl (C=O) groups excluding carboxylic acids is 1. The van der Waals surface area contributed by atoms with Crippen LogP contribution in [0.1, 0.15) is 18.1 Å². The minimum absolute atomic E-state index is 0.148. The van der Waals surface area contributed by atoms with Crippen molar-refractivity contribution in [2.75, 3.05) is 13.7 Å². The van der Waals surface area contributed by atoms with Gasteiger partial charge in [0, 0.05) is 11.6 Å². The summed E-state index contributed by atoms with van der Waals surface area (Å²) in [7, 11) is 1.57. The molecule has 1 amide bonds. The molecular weight excluding hydrogens is 464 g/mol. The van der Waals surface area contributed by atoms with Crippen LogP contribution < -0.4 is 14.8 Å². The first-order valence-corrected chi connectivity index (χ1v) is 10.1. The van der Waals surface area contributed by atoms with Crippen LogP contribution in [0.3, 0.4) is 0 Å². The van der Waals surface area contributed by atoms with Crippen molar-refractivity contribution in [1.29, 1.82) is 0 Å². The summed E-state index contributed by atoms with van der Waals surface area (Å²) in [5.74, 6) is 0.984. The van der Waals surface area contributed by atoms with E-state index in [4.69, 9.17) is 33.3 Å². The molecule has 0 bridgehead atoms. The van der Waals surface area contributed by atoms with Gasteiger partial charge < -0.3 is 14.8 Å². The third-order valence-corrected chi connectivity index (χ3v) is 5.30. The van der Waals surface area contributed by atoms with Crippen molar-refractivity contribution in [3.05, 3.63) is 62.7 Å². The molecule has 3 rings (SSSR count). The quantitative estimate of drug-likeness (QED) is 0.476. The molecular formula is C20H18BrClN2O3S. The van der Waals surface area contributed by atoms with Crippen LogP contribution in [0.15, 0.2) is 46.6 Å². The van der Waals surface area contributed by atoms with Crippen LogP contribution in [0, 0.1) is 0 Å². The van der Waals surface area contributed by atoms with Gasteiger partial charge in [0.05, 0.1) is 11.6 Å². The molecule has 0 aromatic heterocycles. The highest BCUT2D eigenvalue weighted by atomic mass is 79.9. The highest BCUT2D eigenvalue weighted by Gasteiger charge is 2.29. The molecule has 0 saturated carbocycles. The predicted molar refractivity (Wildman–Crippen MR) is 118 cm³/mol. The Bertz CT molecular complexity index is 947. The van der Waals surface area contributed by atoms with E-state index in [1.165, 1.54) is 4.90 Å². The van der Waals surface area contributed by atoms with Crippen molar-refractivity contribution in [2.45, 2.75) is 13.5 Å². The lowest BCUT2D eigenvalue weighted by molar-refractivity contribution is -0.122. The smallest absolute Gasteiger partial charge is 0.276 e. The van der Waals surface area contributed by atoms with E-state index in [2.05, 4.69) is 21.2 Å². The van der Waals surface area contributed by atoms with Crippen molar-refractivity contribution < 1.29 is 14.3 Å². The Balaban J connectivity index is 1.83. The number of nitrogens with zero attached hydrogens (tertiary/aromatic N) is 1. The third-order valence-electron chi connectivity index (χ3n) is 4.14. The first-order chi connectivity index (χ1) is 13.4. The molecule has 1 saturated heterocycles. The van der Waals surface area contributed by atoms with Crippen LogP contribution in [0.5, 0.6) is 11.5 Å². The molecule has 0 unspecified atom stereocenters. The van der Waals surface area contributed by atoms with Gasteiger partial charge in [0.25, 0.3) is 5.91 Å². The van der Waals surface area contributed by atoms with Gasteiger partial charge in [0.2, 0.25) is 0 Å². The minimum atomic E-state index is -0.148. The number of halogens is 2. The number of rotatable bonds is 6. The summed E-state index contributed by atoms with van der Waals surface area (Å²) in [6, 6.07) is 11.1. The molecule has 0 aliphatic carbocycles. The molecule has 1 aliphatic rings. The lowest BCUT2D eigenvalue weighted by Gasteiger charge is -2.14. The predicted octanol–water partition coefficient (Wildman–Crippen LogP) is 4.77. The normalized spacial score (nSPS) is 15.1. The van der Waals surface area contributed by atoms with E-state index in [0.29, 0.717) is 45.0 Å². The van der Waals surface area contributed by atoms with Gasteiger partial charge in [0.1, 0.15) is 12.3 Å². The summed E-state index contributed by atoms with van der Waals surface area (Å²) in [6.07, 6.45) is 1.74. The van der Waals surface area contributed by atoms with E-state index < -0.39 is 0 Å². The number of benzene rings is 2. The van der Waals surface area contributed by atoms with Crippen molar-refractivity contribution in [2.24, 2.45) is 0 Å². The molecule has 1 N–H and O–H groups in total. The maximum absolute atomic E-state index is 12.4. The van der Waals surface area contributed by atoms with Crippen molar-refractivity contribution in [3.8, 4) is 11.5 Å². The number of likely N-dealkylation sites (N-methyl/N-ethyl adjacent to an activating group) is 1. The molecule has 146 valence electrons. The zero-order chi connectivity index (χ0) is 20.3. The molecule has 0 spiro atoms. The largest absolute Gasteiger partial charge is 0.493 e. The van der Waals surface area contributed by atoms with Gasteiger partial charge in [0.15, 0.2) is 16.6 Å².